The Morgan fingerprint density at radius 1 is 0.600 bits per heavy atom. The molecule has 1 nitrogen and oxygen atoms in total. The monoisotopic (exact) mass is 632 g/mol. The Bertz CT molecular complexity index is 1280. The van der Waals surface area contributed by atoms with E-state index < -0.39 is 7.92 Å². The molecule has 0 amide bonds. The van der Waals surface area contributed by atoms with Gasteiger partial charge in [-0.2, -0.15) is 0 Å². The normalized spacial score (nSPS) is 20.2. The molecule has 40 heavy (non-hydrogen) atoms. The fourth-order valence-corrected chi connectivity index (χ4v) is 10.2. The first kappa shape index (κ1) is 31.6. The number of hydrogen-bond donors (Lipinski definition) is 0. The topological polar surface area (TPSA) is 17.1 Å². The maximum Gasteiger partial charge on any atom is 2.00 e. The molecule has 0 N–H and O–H groups in total. The van der Waals surface area contributed by atoms with Crippen molar-refractivity contribution >= 4 is 25.3 Å². The van der Waals surface area contributed by atoms with E-state index in [9.17, 15) is 0 Å². The minimum absolute atomic E-state index is 0. The van der Waals surface area contributed by atoms with Gasteiger partial charge in [0.15, 0.2) is 0 Å². The Labute approximate surface area is 255 Å². The minimum atomic E-state index is -1.15. The molecule has 1 saturated carbocycles. The SMILES string of the molecule is C1=CC2CCC([C@@H](c3ccccc3)[C@H](c3ccccc3)[PH+](c3ccccc3)c3ccccc3)C2C=C1.[CH-]=O.[CH3-].[Rh+2]. The number of rotatable bonds is 7. The largest absolute Gasteiger partial charge is 2.00 e. The number of carbonyl (C=O) groups excluding carboxylic acids is 1. The Balaban J connectivity index is 0.00000108. The summed E-state index contributed by atoms with van der Waals surface area (Å²) in [7, 11) is -1.15. The molecule has 3 heteroatoms. The van der Waals surface area contributed by atoms with Crippen molar-refractivity contribution in [3.63, 3.8) is 0 Å². The Morgan fingerprint density at radius 3 is 1.57 bits per heavy atom. The van der Waals surface area contributed by atoms with E-state index in [4.69, 9.17) is 4.79 Å². The molecular weight excluding hydrogens is 594 g/mol. The quantitative estimate of drug-likeness (QED) is 0.0867. The molecule has 0 aliphatic heterocycles. The van der Waals surface area contributed by atoms with Gasteiger partial charge in [-0.25, -0.2) is 0 Å². The van der Waals surface area contributed by atoms with Crippen LogP contribution in [-0.4, -0.2) is 6.79 Å². The summed E-state index contributed by atoms with van der Waals surface area (Å²) < 4.78 is 0. The van der Waals surface area contributed by atoms with Crippen LogP contribution >= 0.6 is 7.92 Å². The molecule has 0 heterocycles. The molecule has 0 spiro atoms. The van der Waals surface area contributed by atoms with Gasteiger partial charge in [0.25, 0.3) is 0 Å². The van der Waals surface area contributed by atoms with E-state index >= 15 is 0 Å². The van der Waals surface area contributed by atoms with E-state index in [1.54, 1.807) is 0 Å². The van der Waals surface area contributed by atoms with Gasteiger partial charge in [0, 0.05) is 5.92 Å². The molecule has 5 atom stereocenters. The van der Waals surface area contributed by atoms with Gasteiger partial charge in [-0.05, 0) is 66.0 Å². The van der Waals surface area contributed by atoms with Crippen molar-refractivity contribution in [1.82, 2.24) is 0 Å². The van der Waals surface area contributed by atoms with Crippen LogP contribution in [0.25, 0.3) is 0 Å². The van der Waals surface area contributed by atoms with Crippen LogP contribution < -0.4 is 10.6 Å². The second kappa shape index (κ2) is 15.8. The van der Waals surface area contributed by atoms with Crippen LogP contribution in [-0.2, 0) is 24.3 Å². The van der Waals surface area contributed by atoms with Crippen LogP contribution in [0.3, 0.4) is 0 Å². The Kier molecular flexibility index (Phi) is 12.5. The summed E-state index contributed by atoms with van der Waals surface area (Å²) in [6, 6.07) is 45.6. The van der Waals surface area contributed by atoms with Gasteiger partial charge < -0.3 is 12.2 Å². The van der Waals surface area contributed by atoms with E-state index in [-0.39, 0.29) is 26.9 Å². The van der Waals surface area contributed by atoms with Crippen molar-refractivity contribution in [3.05, 3.63) is 164 Å². The van der Waals surface area contributed by atoms with Crippen LogP contribution in [0.5, 0.6) is 0 Å². The third-order valence-electron chi connectivity index (χ3n) is 8.27. The molecule has 0 saturated heterocycles. The van der Waals surface area contributed by atoms with Crippen molar-refractivity contribution in [1.29, 1.82) is 0 Å². The van der Waals surface area contributed by atoms with Crippen molar-refractivity contribution in [2.24, 2.45) is 17.8 Å². The summed E-state index contributed by atoms with van der Waals surface area (Å²) in [6.07, 6.45) is 12.1. The summed E-state index contributed by atoms with van der Waals surface area (Å²) in [5.41, 5.74) is 3.40. The molecule has 2 aliphatic carbocycles. The van der Waals surface area contributed by atoms with Crippen LogP contribution in [0.2, 0.25) is 0 Å². The van der Waals surface area contributed by atoms with Crippen LogP contribution in [0.1, 0.15) is 35.5 Å². The minimum Gasteiger partial charge on any atom is -0.545 e. The van der Waals surface area contributed by atoms with Crippen molar-refractivity contribution < 1.29 is 24.3 Å². The molecule has 4 aromatic rings. The van der Waals surface area contributed by atoms with Gasteiger partial charge >= 0.3 is 19.5 Å². The molecule has 205 valence electrons. The van der Waals surface area contributed by atoms with Crippen molar-refractivity contribution in [2.45, 2.75) is 24.4 Å². The Hall–Kier alpha value is -2.92. The molecule has 6 rings (SSSR count). The fraction of sp³-hybridized carbons (Fsp3) is 0.189. The molecule has 2 aliphatic rings. The zero-order valence-corrected chi connectivity index (χ0v) is 25.6. The molecule has 0 bridgehead atoms. The predicted molar refractivity (Wildman–Crippen MR) is 170 cm³/mol. The average molecular weight is 633 g/mol. The average Bonchev–Trinajstić information content (AvgIpc) is 3.44. The first-order valence-electron chi connectivity index (χ1n) is 13.6. The van der Waals surface area contributed by atoms with E-state index in [2.05, 4.69) is 152 Å². The Morgan fingerprint density at radius 2 is 1.05 bits per heavy atom. The summed E-state index contributed by atoms with van der Waals surface area (Å²) in [5.74, 6) is 2.36. The van der Waals surface area contributed by atoms with Gasteiger partial charge in [-0.15, -0.1) is 0 Å². The van der Waals surface area contributed by atoms with E-state index in [1.165, 1.54) is 34.6 Å². The second-order valence-electron chi connectivity index (χ2n) is 10.2. The summed E-state index contributed by atoms with van der Waals surface area (Å²) in [6.45, 7) is 3.25. The molecule has 4 aromatic carbocycles. The summed E-state index contributed by atoms with van der Waals surface area (Å²) in [5, 5.41) is 2.99. The number of hydrogen-bond acceptors (Lipinski definition) is 1. The van der Waals surface area contributed by atoms with Gasteiger partial charge in [-0.1, -0.05) is 121 Å². The van der Waals surface area contributed by atoms with Crippen molar-refractivity contribution in [2.75, 3.05) is 0 Å². The summed E-state index contributed by atoms with van der Waals surface area (Å²) in [4.78, 5) is 7.75. The first-order valence-corrected chi connectivity index (χ1v) is 15.1. The fourth-order valence-electron chi connectivity index (χ4n) is 6.75. The predicted octanol–water partition coefficient (Wildman–Crippen LogP) is 8.32. The molecule has 1 radical (unpaired) electrons. The molecular formula is C37H38OPRh+. The third-order valence-corrected chi connectivity index (χ3v) is 11.5. The zero-order valence-electron chi connectivity index (χ0n) is 23.0. The summed E-state index contributed by atoms with van der Waals surface area (Å²) >= 11 is 0. The molecule has 0 aromatic heterocycles. The molecule has 1 fully saturated rings. The van der Waals surface area contributed by atoms with E-state index in [0.29, 0.717) is 29.3 Å². The van der Waals surface area contributed by atoms with Crippen LogP contribution in [0.4, 0.5) is 0 Å². The maximum absolute atomic E-state index is 7.75. The van der Waals surface area contributed by atoms with Crippen LogP contribution in [0.15, 0.2) is 146 Å². The van der Waals surface area contributed by atoms with E-state index in [0.717, 1.165) is 0 Å². The van der Waals surface area contributed by atoms with Gasteiger partial charge in [0.1, 0.15) is 5.66 Å². The van der Waals surface area contributed by atoms with Gasteiger partial charge in [-0.3, -0.25) is 6.79 Å². The first-order chi connectivity index (χ1) is 18.9. The standard InChI is InChI=1S/C35H33P.CHO.CH3.Rh/c1-5-16-28(17-6-1)34(33-26-25-27-15-13-14-24-32(27)33)35(29-18-7-2-8-19-29)36(30-20-9-3-10-21-30)31-22-11-4-12-23-31;1-2;;/h1-24,27,32-35H,25-26H2;1H;1H3;/q;2*-1;+2/p+1/t27?,32?,33?,34-,35+;;;/m1.../s1. The van der Waals surface area contributed by atoms with Gasteiger partial charge in [0.05, 0.1) is 18.5 Å². The second-order valence-corrected chi connectivity index (χ2v) is 12.8. The zero-order chi connectivity index (χ0) is 26.2. The van der Waals surface area contributed by atoms with E-state index in [1.807, 2.05) is 0 Å². The van der Waals surface area contributed by atoms with Crippen molar-refractivity contribution in [3.8, 4) is 0 Å². The maximum atomic E-state index is 7.75. The smallest absolute Gasteiger partial charge is 0.545 e. The number of allylic oxidation sites excluding steroid dienone is 4. The van der Waals surface area contributed by atoms with Crippen LogP contribution in [0, 0.1) is 25.2 Å². The third kappa shape index (κ3) is 6.86. The van der Waals surface area contributed by atoms with Gasteiger partial charge in [0.2, 0.25) is 0 Å². The number of fused-ring (bicyclic) bond motifs is 1. The molecule has 3 unspecified atom stereocenters. The number of benzene rings is 4.